The smallest absolute Gasteiger partial charge is 0.338 e. The molecule has 1 aliphatic heterocycles. The fraction of sp³-hybridized carbons (Fsp3) is 0.333. The van der Waals surface area contributed by atoms with Crippen molar-refractivity contribution in [3.8, 4) is 0 Å². The van der Waals surface area contributed by atoms with Gasteiger partial charge in [-0.05, 0) is 5.56 Å². The Kier molecular flexibility index (Phi) is 3.09. The summed E-state index contributed by atoms with van der Waals surface area (Å²) in [7, 11) is -4.00. The Bertz CT molecular complexity index is 625. The molecule has 0 aliphatic carbocycles. The molecular weight excluding hydrogens is 270 g/mol. The number of cyclic esters (lactones) is 1. The second-order valence-corrected chi connectivity index (χ2v) is 6.71. The first-order chi connectivity index (χ1) is 8.79. The van der Waals surface area contributed by atoms with Crippen LogP contribution >= 0.6 is 0 Å². The van der Waals surface area contributed by atoms with Gasteiger partial charge in [0.25, 0.3) is 5.91 Å². The summed E-state index contributed by atoms with van der Waals surface area (Å²) < 4.78 is 26.3. The zero-order valence-electron chi connectivity index (χ0n) is 10.2. The molecule has 1 saturated heterocycles. The number of esters is 1. The molecular formula is C12H13NO5S. The molecule has 1 aromatic carbocycles. The second kappa shape index (κ2) is 4.34. The fourth-order valence-corrected chi connectivity index (χ4v) is 3.32. The number of primary amides is 1. The molecule has 7 heteroatoms. The molecule has 1 fully saturated rings. The highest BCUT2D eigenvalue weighted by Gasteiger charge is 2.61. The molecule has 1 aromatic rings. The van der Waals surface area contributed by atoms with E-state index in [0.29, 0.717) is 5.56 Å². The minimum Gasteiger partial charge on any atom is -0.456 e. The second-order valence-electron chi connectivity index (χ2n) is 4.47. The molecule has 1 amide bonds. The zero-order chi connectivity index (χ0) is 14.3. The third-order valence-corrected chi connectivity index (χ3v) is 5.05. The average Bonchev–Trinajstić information content (AvgIpc) is 2.69. The standard InChI is InChI=1S/C12H13NO5S/c1-19(16,17)12(10(13)14)7-9(18-11(12)15)8-5-3-2-4-6-8/h2-6,9H,7H2,1H3,(H2,13,14). The maximum atomic E-state index is 11.9. The summed E-state index contributed by atoms with van der Waals surface area (Å²) in [6.07, 6.45) is -0.257. The van der Waals surface area contributed by atoms with Gasteiger partial charge in [-0.1, -0.05) is 30.3 Å². The molecule has 2 rings (SSSR count). The predicted octanol–water partition coefficient (Wildman–Crippen LogP) is -0.0567. The molecule has 2 N–H and O–H groups in total. The maximum Gasteiger partial charge on any atom is 0.338 e. The third-order valence-electron chi connectivity index (χ3n) is 3.25. The summed E-state index contributed by atoms with van der Waals surface area (Å²) in [6.45, 7) is 0. The van der Waals surface area contributed by atoms with Crippen LogP contribution in [0.5, 0.6) is 0 Å². The molecule has 19 heavy (non-hydrogen) atoms. The SMILES string of the molecule is CS(=O)(=O)C1(C(N)=O)CC(c2ccccc2)OC1=O. The van der Waals surface area contributed by atoms with Crippen molar-refractivity contribution in [2.75, 3.05) is 6.26 Å². The number of amides is 1. The molecule has 0 aromatic heterocycles. The highest BCUT2D eigenvalue weighted by molar-refractivity contribution is 7.93. The van der Waals surface area contributed by atoms with Crippen molar-refractivity contribution in [1.82, 2.24) is 0 Å². The normalized spacial score (nSPS) is 27.0. The number of sulfone groups is 1. The van der Waals surface area contributed by atoms with Crippen LogP contribution in [-0.2, 0) is 24.2 Å². The van der Waals surface area contributed by atoms with Crippen LogP contribution in [0.4, 0.5) is 0 Å². The predicted molar refractivity (Wildman–Crippen MR) is 66.7 cm³/mol. The molecule has 0 saturated carbocycles. The quantitative estimate of drug-likeness (QED) is 0.618. The Morgan fingerprint density at radius 2 is 1.95 bits per heavy atom. The first-order valence-electron chi connectivity index (χ1n) is 5.54. The Morgan fingerprint density at radius 3 is 2.37 bits per heavy atom. The highest BCUT2D eigenvalue weighted by atomic mass is 32.2. The van der Waals surface area contributed by atoms with Gasteiger partial charge in [-0.2, -0.15) is 0 Å². The van der Waals surface area contributed by atoms with E-state index in [2.05, 4.69) is 0 Å². The first-order valence-corrected chi connectivity index (χ1v) is 7.44. The summed E-state index contributed by atoms with van der Waals surface area (Å²) >= 11 is 0. The lowest BCUT2D eigenvalue weighted by Crippen LogP contribution is -2.53. The van der Waals surface area contributed by atoms with Gasteiger partial charge in [0.15, 0.2) is 9.84 Å². The van der Waals surface area contributed by atoms with E-state index < -0.39 is 32.6 Å². The Hall–Kier alpha value is -1.89. The fourth-order valence-electron chi connectivity index (χ4n) is 2.15. The van der Waals surface area contributed by atoms with Crippen molar-refractivity contribution in [1.29, 1.82) is 0 Å². The minimum absolute atomic E-state index is 0.288. The number of rotatable bonds is 3. The highest BCUT2D eigenvalue weighted by Crippen LogP contribution is 2.40. The summed E-state index contributed by atoms with van der Waals surface area (Å²) in [6, 6.07) is 8.62. The minimum atomic E-state index is -4.00. The van der Waals surface area contributed by atoms with Crippen molar-refractivity contribution in [2.24, 2.45) is 5.73 Å². The van der Waals surface area contributed by atoms with Crippen molar-refractivity contribution in [2.45, 2.75) is 17.3 Å². The summed E-state index contributed by atoms with van der Waals surface area (Å²) in [5.74, 6) is -2.30. The van der Waals surface area contributed by atoms with E-state index >= 15 is 0 Å². The molecule has 0 spiro atoms. The molecule has 0 radical (unpaired) electrons. The molecule has 0 bridgehead atoms. The molecule has 2 atom stereocenters. The van der Waals surface area contributed by atoms with Crippen LogP contribution in [0.2, 0.25) is 0 Å². The number of hydrogen-bond acceptors (Lipinski definition) is 5. The van der Waals surface area contributed by atoms with Gasteiger partial charge in [-0.15, -0.1) is 0 Å². The van der Waals surface area contributed by atoms with E-state index in [0.717, 1.165) is 6.26 Å². The maximum absolute atomic E-state index is 11.9. The van der Waals surface area contributed by atoms with Crippen molar-refractivity contribution >= 4 is 21.7 Å². The summed E-state index contributed by atoms with van der Waals surface area (Å²) in [5.41, 5.74) is 5.76. The number of benzene rings is 1. The van der Waals surface area contributed by atoms with Crippen LogP contribution in [0.15, 0.2) is 30.3 Å². The third kappa shape index (κ3) is 1.99. The van der Waals surface area contributed by atoms with E-state index in [1.807, 2.05) is 0 Å². The van der Waals surface area contributed by atoms with Crippen molar-refractivity contribution < 1.29 is 22.7 Å². The van der Waals surface area contributed by atoms with Crippen LogP contribution in [0, 0.1) is 0 Å². The number of nitrogens with two attached hydrogens (primary N) is 1. The number of carbonyl (C=O) groups is 2. The molecule has 102 valence electrons. The van der Waals surface area contributed by atoms with Gasteiger partial charge in [-0.25, -0.2) is 13.2 Å². The van der Waals surface area contributed by atoms with E-state index in [1.54, 1.807) is 30.3 Å². The van der Waals surface area contributed by atoms with Gasteiger partial charge < -0.3 is 10.5 Å². The van der Waals surface area contributed by atoms with E-state index in [1.165, 1.54) is 0 Å². The molecule has 1 heterocycles. The van der Waals surface area contributed by atoms with Crippen LogP contribution in [0.3, 0.4) is 0 Å². The van der Waals surface area contributed by atoms with Gasteiger partial charge in [0.05, 0.1) is 0 Å². The first kappa shape index (κ1) is 13.5. The number of hydrogen-bond donors (Lipinski definition) is 1. The van der Waals surface area contributed by atoms with Gasteiger partial charge in [-0.3, -0.25) is 4.79 Å². The lowest BCUT2D eigenvalue weighted by molar-refractivity contribution is -0.145. The zero-order valence-corrected chi connectivity index (χ0v) is 11.0. The summed E-state index contributed by atoms with van der Waals surface area (Å²) in [5, 5.41) is 0. The number of carbonyl (C=O) groups excluding carboxylic acids is 2. The van der Waals surface area contributed by atoms with Gasteiger partial charge in [0.2, 0.25) is 4.75 Å². The van der Waals surface area contributed by atoms with Gasteiger partial charge in [0, 0.05) is 12.7 Å². The van der Waals surface area contributed by atoms with E-state index in [-0.39, 0.29) is 6.42 Å². The van der Waals surface area contributed by atoms with Crippen molar-refractivity contribution in [3.63, 3.8) is 0 Å². The Labute approximate surface area is 110 Å². The Morgan fingerprint density at radius 1 is 1.37 bits per heavy atom. The largest absolute Gasteiger partial charge is 0.456 e. The van der Waals surface area contributed by atoms with Crippen LogP contribution < -0.4 is 5.73 Å². The molecule has 1 aliphatic rings. The molecule has 2 unspecified atom stereocenters. The van der Waals surface area contributed by atoms with Crippen LogP contribution in [-0.4, -0.2) is 31.3 Å². The Balaban J connectivity index is 2.46. The molecule has 6 nitrogen and oxygen atoms in total. The van der Waals surface area contributed by atoms with Gasteiger partial charge in [0.1, 0.15) is 6.10 Å². The van der Waals surface area contributed by atoms with E-state index in [9.17, 15) is 18.0 Å². The number of ether oxygens (including phenoxy) is 1. The van der Waals surface area contributed by atoms with Crippen LogP contribution in [0.25, 0.3) is 0 Å². The van der Waals surface area contributed by atoms with Crippen LogP contribution in [0.1, 0.15) is 18.1 Å². The monoisotopic (exact) mass is 283 g/mol. The lowest BCUT2D eigenvalue weighted by Gasteiger charge is -2.18. The topological polar surface area (TPSA) is 104 Å². The van der Waals surface area contributed by atoms with Gasteiger partial charge >= 0.3 is 5.97 Å². The average molecular weight is 283 g/mol. The summed E-state index contributed by atoms with van der Waals surface area (Å²) in [4.78, 5) is 23.4. The lowest BCUT2D eigenvalue weighted by atomic mass is 9.99. The van der Waals surface area contributed by atoms with Crippen molar-refractivity contribution in [3.05, 3.63) is 35.9 Å². The van der Waals surface area contributed by atoms with E-state index in [4.69, 9.17) is 10.5 Å².